The Morgan fingerprint density at radius 3 is 2.36 bits per heavy atom. The predicted octanol–water partition coefficient (Wildman–Crippen LogP) is 3.98. The molecule has 0 unspecified atom stereocenters. The Kier molecular flexibility index (Phi) is 6.44. The number of ether oxygens (including phenoxy) is 1. The second-order valence-electron chi connectivity index (χ2n) is 6.17. The molecule has 28 heavy (non-hydrogen) atoms. The van der Waals surface area contributed by atoms with Crippen molar-refractivity contribution in [3.63, 3.8) is 0 Å². The van der Waals surface area contributed by atoms with Gasteiger partial charge in [0.2, 0.25) is 0 Å². The standard InChI is InChI=1S/C20H16BCl2NO4/c22-15-10-24-11-16(23)14(15)9-19(12-6-7-17(25)18(26)8-12)28-20(27)21-13-4-2-1-3-5-13/h1-8,10-11,19,21,25-26H,9H2/t19-/m0/s1. The van der Waals surface area contributed by atoms with Crippen LogP contribution in [-0.2, 0) is 11.2 Å². The fourth-order valence-electron chi connectivity index (χ4n) is 2.75. The predicted molar refractivity (Wildman–Crippen MR) is 110 cm³/mol. The Morgan fingerprint density at radius 2 is 1.71 bits per heavy atom. The van der Waals surface area contributed by atoms with Crippen LogP contribution in [0, 0.1) is 0 Å². The van der Waals surface area contributed by atoms with Crippen molar-refractivity contribution in [2.24, 2.45) is 0 Å². The number of hydrogen-bond donors (Lipinski definition) is 2. The molecule has 0 radical (unpaired) electrons. The van der Waals surface area contributed by atoms with Crippen molar-refractivity contribution in [1.29, 1.82) is 0 Å². The number of halogens is 2. The van der Waals surface area contributed by atoms with Gasteiger partial charge in [-0.05, 0) is 23.3 Å². The molecule has 1 heterocycles. The molecular weight excluding hydrogens is 400 g/mol. The molecule has 3 rings (SSSR count). The maximum absolute atomic E-state index is 12.5. The van der Waals surface area contributed by atoms with Gasteiger partial charge in [-0.1, -0.05) is 65.1 Å². The lowest BCUT2D eigenvalue weighted by molar-refractivity contribution is 0.121. The number of phenolic OH excluding ortho intramolecular Hbond substituents is 2. The zero-order valence-electron chi connectivity index (χ0n) is 14.7. The number of hydrogen-bond acceptors (Lipinski definition) is 5. The van der Waals surface area contributed by atoms with Crippen LogP contribution < -0.4 is 5.46 Å². The Balaban J connectivity index is 1.87. The molecule has 0 aliphatic carbocycles. The summed E-state index contributed by atoms with van der Waals surface area (Å²) in [5, 5.41) is 20.1. The second kappa shape index (κ2) is 9.00. The lowest BCUT2D eigenvalue weighted by Gasteiger charge is -2.20. The number of benzene rings is 2. The molecule has 3 aromatic rings. The van der Waals surface area contributed by atoms with Gasteiger partial charge in [0.15, 0.2) is 11.5 Å². The van der Waals surface area contributed by atoms with E-state index in [1.807, 2.05) is 30.3 Å². The SMILES string of the molecule is O=C(Bc1ccccc1)O[C@@H](Cc1c(Cl)cncc1Cl)c1ccc(O)c(O)c1. The first-order valence-electron chi connectivity index (χ1n) is 8.47. The summed E-state index contributed by atoms with van der Waals surface area (Å²) in [5.41, 5.74) is 1.89. The highest BCUT2D eigenvalue weighted by Gasteiger charge is 2.22. The summed E-state index contributed by atoms with van der Waals surface area (Å²) in [5.74, 6) is -1.02. The summed E-state index contributed by atoms with van der Waals surface area (Å²) in [6.45, 7) is 0. The van der Waals surface area contributed by atoms with Crippen molar-refractivity contribution in [3.05, 3.63) is 82.1 Å². The summed E-state index contributed by atoms with van der Waals surface area (Å²) in [6.07, 6.45) is 2.34. The highest BCUT2D eigenvalue weighted by molar-refractivity contribution is 6.82. The number of pyridine rings is 1. The van der Waals surface area contributed by atoms with E-state index >= 15 is 0 Å². The monoisotopic (exact) mass is 415 g/mol. The molecule has 0 fully saturated rings. The zero-order chi connectivity index (χ0) is 20.1. The van der Waals surface area contributed by atoms with Crippen molar-refractivity contribution in [3.8, 4) is 11.5 Å². The van der Waals surface area contributed by atoms with Gasteiger partial charge < -0.3 is 14.9 Å². The first-order chi connectivity index (χ1) is 13.4. The first-order valence-corrected chi connectivity index (χ1v) is 9.23. The van der Waals surface area contributed by atoms with E-state index in [2.05, 4.69) is 4.98 Å². The highest BCUT2D eigenvalue weighted by atomic mass is 35.5. The molecule has 5 nitrogen and oxygen atoms in total. The van der Waals surface area contributed by atoms with Gasteiger partial charge in [0, 0.05) is 18.8 Å². The van der Waals surface area contributed by atoms with Gasteiger partial charge in [0.25, 0.3) is 13.1 Å². The Hall–Kier alpha value is -2.70. The molecule has 2 aromatic carbocycles. The van der Waals surface area contributed by atoms with Crippen LogP contribution in [0.5, 0.6) is 11.5 Å². The number of rotatable bonds is 6. The quantitative estimate of drug-likeness (QED) is 0.470. The van der Waals surface area contributed by atoms with E-state index in [9.17, 15) is 15.0 Å². The van der Waals surface area contributed by atoms with Crippen molar-refractivity contribution in [1.82, 2.24) is 4.98 Å². The molecule has 0 saturated carbocycles. The van der Waals surface area contributed by atoms with Gasteiger partial charge in [-0.15, -0.1) is 0 Å². The molecule has 2 N–H and O–H groups in total. The number of carbonyl (C=O) groups is 1. The molecule has 0 bridgehead atoms. The molecule has 1 aromatic heterocycles. The number of aromatic nitrogens is 1. The lowest BCUT2D eigenvalue weighted by atomic mass is 9.70. The van der Waals surface area contributed by atoms with Crippen LogP contribution in [-0.4, -0.2) is 28.3 Å². The third kappa shape index (κ3) is 4.97. The van der Waals surface area contributed by atoms with E-state index in [-0.39, 0.29) is 25.2 Å². The first kappa shape index (κ1) is 20.0. The number of aromatic hydroxyl groups is 2. The van der Waals surface area contributed by atoms with E-state index in [1.165, 1.54) is 24.5 Å². The average molecular weight is 416 g/mol. The van der Waals surface area contributed by atoms with Gasteiger partial charge in [0.05, 0.1) is 10.0 Å². The van der Waals surface area contributed by atoms with Gasteiger partial charge in [-0.2, -0.15) is 0 Å². The fourth-order valence-corrected chi connectivity index (χ4v) is 3.27. The normalized spacial score (nSPS) is 11.6. The van der Waals surface area contributed by atoms with E-state index in [0.717, 1.165) is 5.46 Å². The molecule has 8 heteroatoms. The number of phenols is 2. The Morgan fingerprint density at radius 1 is 1.04 bits per heavy atom. The summed E-state index contributed by atoms with van der Waals surface area (Å²) >= 11 is 12.4. The maximum Gasteiger partial charge on any atom is 0.293 e. The molecule has 0 spiro atoms. The van der Waals surface area contributed by atoms with E-state index in [1.54, 1.807) is 6.07 Å². The summed E-state index contributed by atoms with van der Waals surface area (Å²) in [7, 11) is 0.0964. The van der Waals surface area contributed by atoms with Crippen molar-refractivity contribution < 1.29 is 19.7 Å². The van der Waals surface area contributed by atoms with Gasteiger partial charge in [-0.3, -0.25) is 9.78 Å². The van der Waals surface area contributed by atoms with Crippen molar-refractivity contribution in [2.75, 3.05) is 0 Å². The van der Waals surface area contributed by atoms with E-state index in [4.69, 9.17) is 27.9 Å². The Bertz CT molecular complexity index is 965. The van der Waals surface area contributed by atoms with Crippen molar-refractivity contribution >= 4 is 41.8 Å². The van der Waals surface area contributed by atoms with Crippen molar-refractivity contribution in [2.45, 2.75) is 12.5 Å². The number of nitrogens with zero attached hydrogens (tertiary/aromatic N) is 1. The smallest absolute Gasteiger partial charge is 0.293 e. The fraction of sp³-hybridized carbons (Fsp3) is 0.100. The zero-order valence-corrected chi connectivity index (χ0v) is 16.2. The molecule has 142 valence electrons. The van der Waals surface area contributed by atoms with Crippen LogP contribution >= 0.6 is 23.2 Å². The molecular formula is C20H16BCl2NO4. The minimum atomic E-state index is -0.764. The Labute approximate surface area is 172 Å². The minimum Gasteiger partial charge on any atom is -0.504 e. The molecule has 0 amide bonds. The van der Waals surface area contributed by atoms with Crippen LogP contribution in [0.1, 0.15) is 17.2 Å². The van der Waals surface area contributed by atoms with E-state index in [0.29, 0.717) is 21.2 Å². The molecule has 0 aliphatic rings. The topological polar surface area (TPSA) is 79.7 Å². The highest BCUT2D eigenvalue weighted by Crippen LogP contribution is 2.34. The average Bonchev–Trinajstić information content (AvgIpc) is 2.67. The van der Waals surface area contributed by atoms with Gasteiger partial charge >= 0.3 is 0 Å². The maximum atomic E-state index is 12.5. The second-order valence-corrected chi connectivity index (χ2v) is 6.99. The van der Waals surface area contributed by atoms with Crippen LogP contribution in [0.4, 0.5) is 4.79 Å². The van der Waals surface area contributed by atoms with Crippen LogP contribution in [0.25, 0.3) is 0 Å². The largest absolute Gasteiger partial charge is 0.504 e. The molecule has 0 saturated heterocycles. The third-order valence-electron chi connectivity index (χ3n) is 4.18. The van der Waals surface area contributed by atoms with Gasteiger partial charge in [-0.25, -0.2) is 0 Å². The number of carbonyl (C=O) groups excluding carboxylic acids is 1. The summed E-state index contributed by atoms with van der Waals surface area (Å²) in [6, 6.07) is 13.5. The van der Waals surface area contributed by atoms with E-state index < -0.39 is 12.0 Å². The van der Waals surface area contributed by atoms with Crippen LogP contribution in [0.15, 0.2) is 60.9 Å². The molecule has 1 atom stereocenters. The minimum absolute atomic E-state index is 0.0964. The summed E-state index contributed by atoms with van der Waals surface area (Å²) < 4.78 is 5.68. The summed E-state index contributed by atoms with van der Waals surface area (Å²) in [4.78, 5) is 16.4. The molecule has 0 aliphatic heterocycles. The van der Waals surface area contributed by atoms with Crippen LogP contribution in [0.3, 0.4) is 0 Å². The van der Waals surface area contributed by atoms with Crippen LogP contribution in [0.2, 0.25) is 10.0 Å². The third-order valence-corrected chi connectivity index (χ3v) is 4.83. The lowest BCUT2D eigenvalue weighted by Crippen LogP contribution is -2.26. The van der Waals surface area contributed by atoms with Gasteiger partial charge in [0.1, 0.15) is 6.10 Å².